The lowest BCUT2D eigenvalue weighted by molar-refractivity contribution is 0.281. The van der Waals surface area contributed by atoms with Crippen molar-refractivity contribution in [1.29, 1.82) is 0 Å². The highest BCUT2D eigenvalue weighted by molar-refractivity contribution is 7.22. The standard InChI is InChI=1S/C22H18O2S/c23-14-17-10-11-20(24-15-16-6-2-1-3-7-16)19(12-17)22-13-18-8-4-5-9-21(18)25-22/h1-13,23H,14-15H2. The average molecular weight is 346 g/mol. The van der Waals surface area contributed by atoms with Gasteiger partial charge in [-0.05, 0) is 40.8 Å². The summed E-state index contributed by atoms with van der Waals surface area (Å²) in [7, 11) is 0. The van der Waals surface area contributed by atoms with Gasteiger partial charge in [-0.2, -0.15) is 0 Å². The molecular formula is C22H18O2S. The van der Waals surface area contributed by atoms with E-state index in [9.17, 15) is 5.11 Å². The largest absolute Gasteiger partial charge is 0.488 e. The third-order valence-electron chi connectivity index (χ3n) is 4.15. The summed E-state index contributed by atoms with van der Waals surface area (Å²) in [5.41, 5.74) is 3.05. The minimum absolute atomic E-state index is 0.0247. The first-order valence-electron chi connectivity index (χ1n) is 8.23. The Bertz CT molecular complexity index is 956. The van der Waals surface area contributed by atoms with Crippen molar-refractivity contribution in [3.63, 3.8) is 0 Å². The maximum absolute atomic E-state index is 9.51. The molecule has 3 heteroatoms. The van der Waals surface area contributed by atoms with Gasteiger partial charge in [0, 0.05) is 15.1 Å². The van der Waals surface area contributed by atoms with E-state index in [2.05, 4.69) is 42.5 Å². The fourth-order valence-corrected chi connectivity index (χ4v) is 3.93. The second-order valence-electron chi connectivity index (χ2n) is 5.91. The summed E-state index contributed by atoms with van der Waals surface area (Å²) in [5, 5.41) is 10.7. The Balaban J connectivity index is 1.71. The molecule has 25 heavy (non-hydrogen) atoms. The van der Waals surface area contributed by atoms with E-state index in [0.29, 0.717) is 6.61 Å². The summed E-state index contributed by atoms with van der Waals surface area (Å²) < 4.78 is 7.35. The predicted octanol–water partition coefficient (Wildman–Crippen LogP) is 5.64. The van der Waals surface area contributed by atoms with Gasteiger partial charge >= 0.3 is 0 Å². The van der Waals surface area contributed by atoms with E-state index in [1.807, 2.05) is 36.4 Å². The lowest BCUT2D eigenvalue weighted by Gasteiger charge is -2.12. The van der Waals surface area contributed by atoms with Gasteiger partial charge in [-0.1, -0.05) is 54.6 Å². The van der Waals surface area contributed by atoms with Crippen molar-refractivity contribution >= 4 is 21.4 Å². The zero-order valence-corrected chi connectivity index (χ0v) is 14.5. The quantitative estimate of drug-likeness (QED) is 0.507. The van der Waals surface area contributed by atoms with Gasteiger partial charge in [-0.15, -0.1) is 11.3 Å². The minimum atomic E-state index is 0.0247. The van der Waals surface area contributed by atoms with Gasteiger partial charge in [-0.3, -0.25) is 0 Å². The van der Waals surface area contributed by atoms with Gasteiger partial charge in [0.05, 0.1) is 6.61 Å². The maximum atomic E-state index is 9.51. The molecule has 0 amide bonds. The van der Waals surface area contributed by atoms with Crippen LogP contribution in [0.5, 0.6) is 5.75 Å². The summed E-state index contributed by atoms with van der Waals surface area (Å²) in [4.78, 5) is 1.15. The molecule has 0 unspecified atom stereocenters. The third kappa shape index (κ3) is 3.43. The molecule has 1 aromatic heterocycles. The Morgan fingerprint density at radius 2 is 1.60 bits per heavy atom. The van der Waals surface area contributed by atoms with Crippen LogP contribution in [0.2, 0.25) is 0 Å². The van der Waals surface area contributed by atoms with Crippen molar-refractivity contribution in [3.8, 4) is 16.2 Å². The second kappa shape index (κ2) is 7.09. The fourth-order valence-electron chi connectivity index (χ4n) is 2.84. The minimum Gasteiger partial charge on any atom is -0.488 e. The van der Waals surface area contributed by atoms with Crippen molar-refractivity contribution in [2.45, 2.75) is 13.2 Å². The van der Waals surface area contributed by atoms with E-state index in [4.69, 9.17) is 4.74 Å². The van der Waals surface area contributed by atoms with E-state index in [1.165, 1.54) is 10.1 Å². The molecule has 2 nitrogen and oxygen atoms in total. The first-order valence-corrected chi connectivity index (χ1v) is 9.04. The number of hydrogen-bond donors (Lipinski definition) is 1. The van der Waals surface area contributed by atoms with Crippen LogP contribution >= 0.6 is 11.3 Å². The highest BCUT2D eigenvalue weighted by Crippen LogP contribution is 2.39. The zero-order chi connectivity index (χ0) is 17.1. The van der Waals surface area contributed by atoms with Crippen LogP contribution in [0.3, 0.4) is 0 Å². The molecule has 1 N–H and O–H groups in total. The zero-order valence-electron chi connectivity index (χ0n) is 13.7. The first-order chi connectivity index (χ1) is 12.3. The number of hydrogen-bond acceptors (Lipinski definition) is 3. The Morgan fingerprint density at radius 3 is 2.40 bits per heavy atom. The van der Waals surface area contributed by atoms with Crippen molar-refractivity contribution in [2.75, 3.05) is 0 Å². The molecule has 0 atom stereocenters. The smallest absolute Gasteiger partial charge is 0.128 e. The molecule has 0 spiro atoms. The number of fused-ring (bicyclic) bond motifs is 1. The summed E-state index contributed by atoms with van der Waals surface area (Å²) in [5.74, 6) is 0.840. The molecule has 0 aliphatic rings. The van der Waals surface area contributed by atoms with Crippen LogP contribution in [-0.2, 0) is 13.2 Å². The van der Waals surface area contributed by atoms with Crippen molar-refractivity contribution < 1.29 is 9.84 Å². The van der Waals surface area contributed by atoms with Gasteiger partial charge in [0.1, 0.15) is 12.4 Å². The summed E-state index contributed by atoms with van der Waals surface area (Å²) in [6.45, 7) is 0.550. The Labute approximate surface area is 151 Å². The molecule has 0 aliphatic carbocycles. The van der Waals surface area contributed by atoms with Gasteiger partial charge in [0.15, 0.2) is 0 Å². The normalized spacial score (nSPS) is 10.9. The number of benzene rings is 3. The van der Waals surface area contributed by atoms with Crippen molar-refractivity contribution in [3.05, 3.63) is 90.0 Å². The van der Waals surface area contributed by atoms with Gasteiger partial charge in [0.25, 0.3) is 0 Å². The second-order valence-corrected chi connectivity index (χ2v) is 7.00. The van der Waals surface area contributed by atoms with Crippen molar-refractivity contribution in [2.24, 2.45) is 0 Å². The number of thiophene rings is 1. The highest BCUT2D eigenvalue weighted by atomic mass is 32.1. The molecule has 4 aromatic rings. The van der Waals surface area contributed by atoms with E-state index >= 15 is 0 Å². The number of ether oxygens (including phenoxy) is 1. The third-order valence-corrected chi connectivity index (χ3v) is 5.30. The summed E-state index contributed by atoms with van der Waals surface area (Å²) >= 11 is 1.74. The molecular weight excluding hydrogens is 328 g/mol. The van der Waals surface area contributed by atoms with Crippen LogP contribution in [0.25, 0.3) is 20.5 Å². The molecule has 124 valence electrons. The maximum Gasteiger partial charge on any atom is 0.128 e. The first kappa shape index (κ1) is 15.9. The topological polar surface area (TPSA) is 29.5 Å². The van der Waals surface area contributed by atoms with Gasteiger partial charge < -0.3 is 9.84 Å². The fraction of sp³-hybridized carbons (Fsp3) is 0.0909. The van der Waals surface area contributed by atoms with Crippen LogP contribution in [0.4, 0.5) is 0 Å². The van der Waals surface area contributed by atoms with E-state index in [1.54, 1.807) is 11.3 Å². The molecule has 0 saturated carbocycles. The molecule has 0 radical (unpaired) electrons. The summed E-state index contributed by atoms with van der Waals surface area (Å²) in [6, 6.07) is 26.6. The van der Waals surface area contributed by atoms with Crippen LogP contribution < -0.4 is 4.74 Å². The molecule has 3 aromatic carbocycles. The van der Waals surface area contributed by atoms with Crippen LogP contribution in [-0.4, -0.2) is 5.11 Å². The Morgan fingerprint density at radius 1 is 0.800 bits per heavy atom. The molecule has 0 aliphatic heterocycles. The monoisotopic (exact) mass is 346 g/mol. The highest BCUT2D eigenvalue weighted by Gasteiger charge is 2.11. The lowest BCUT2D eigenvalue weighted by atomic mass is 10.1. The molecule has 0 saturated heterocycles. The van der Waals surface area contributed by atoms with Crippen molar-refractivity contribution in [1.82, 2.24) is 0 Å². The van der Waals surface area contributed by atoms with Gasteiger partial charge in [-0.25, -0.2) is 0 Å². The van der Waals surface area contributed by atoms with Gasteiger partial charge in [0.2, 0.25) is 0 Å². The lowest BCUT2D eigenvalue weighted by Crippen LogP contribution is -1.97. The van der Waals surface area contributed by atoms with Crippen LogP contribution in [0, 0.1) is 0 Å². The van der Waals surface area contributed by atoms with Crippen LogP contribution in [0.1, 0.15) is 11.1 Å². The molecule has 0 fully saturated rings. The average Bonchev–Trinajstić information content (AvgIpc) is 3.11. The molecule has 1 heterocycles. The number of rotatable bonds is 5. The Hall–Kier alpha value is -2.62. The van der Waals surface area contributed by atoms with E-state index in [-0.39, 0.29) is 6.61 Å². The number of aliphatic hydroxyl groups is 1. The van der Waals surface area contributed by atoms with E-state index in [0.717, 1.165) is 27.3 Å². The Kier molecular flexibility index (Phi) is 4.51. The van der Waals surface area contributed by atoms with Crippen LogP contribution in [0.15, 0.2) is 78.9 Å². The van der Waals surface area contributed by atoms with E-state index < -0.39 is 0 Å². The SMILES string of the molecule is OCc1ccc(OCc2ccccc2)c(-c2cc3ccccc3s2)c1. The summed E-state index contributed by atoms with van der Waals surface area (Å²) in [6.07, 6.45) is 0. The number of aliphatic hydroxyl groups excluding tert-OH is 1. The molecule has 4 rings (SSSR count). The predicted molar refractivity (Wildman–Crippen MR) is 104 cm³/mol. The molecule has 0 bridgehead atoms.